The Kier molecular flexibility index (Phi) is 7.25. The van der Waals surface area contributed by atoms with Crippen LogP contribution >= 0.6 is 0 Å². The van der Waals surface area contributed by atoms with Crippen molar-refractivity contribution in [1.29, 1.82) is 0 Å². The zero-order valence-corrected chi connectivity index (χ0v) is 20.0. The van der Waals surface area contributed by atoms with Gasteiger partial charge in [0.25, 0.3) is 5.91 Å². The van der Waals surface area contributed by atoms with E-state index in [0.29, 0.717) is 23.6 Å². The predicted octanol–water partition coefficient (Wildman–Crippen LogP) is 4.49. The standard InChI is InChI=1S/C26H32N6O2/c1-17-12-23(18(2)27-14-17)29-21-10-8-20(9-11-21)25(33)31-24(13-19-6-4-5-7-19)26(34)30-22-15-28-32(3)16-22/h8-12,14-16,19,24,29H,4-7,13H2,1-3H3,(H,30,34)(H,31,33)/t24-/m0/s1. The molecule has 3 aromatic rings. The number of carbonyl (C=O) groups is 2. The molecule has 0 spiro atoms. The smallest absolute Gasteiger partial charge is 0.251 e. The summed E-state index contributed by atoms with van der Waals surface area (Å²) in [5.74, 6) is -0.0269. The fourth-order valence-corrected chi connectivity index (χ4v) is 4.39. The van der Waals surface area contributed by atoms with Crippen LogP contribution in [-0.4, -0.2) is 32.6 Å². The van der Waals surface area contributed by atoms with Crippen LogP contribution in [0.15, 0.2) is 48.9 Å². The molecule has 1 aliphatic carbocycles. The molecule has 0 radical (unpaired) electrons. The molecule has 2 amide bonds. The number of aryl methyl sites for hydroxylation is 3. The Hall–Kier alpha value is -3.68. The number of anilines is 3. The molecule has 4 rings (SSSR count). The maximum atomic E-state index is 13.0. The fourth-order valence-electron chi connectivity index (χ4n) is 4.39. The molecular weight excluding hydrogens is 428 g/mol. The molecule has 8 heteroatoms. The largest absolute Gasteiger partial charge is 0.354 e. The first-order valence-electron chi connectivity index (χ1n) is 11.8. The molecule has 1 aliphatic rings. The lowest BCUT2D eigenvalue weighted by Gasteiger charge is -2.21. The number of amides is 2. The molecule has 1 saturated carbocycles. The van der Waals surface area contributed by atoms with E-state index in [9.17, 15) is 9.59 Å². The SMILES string of the molecule is Cc1cnc(C)c(Nc2ccc(C(=O)N[C@@H](CC3CCCC3)C(=O)Nc3cnn(C)c3)cc2)c1. The van der Waals surface area contributed by atoms with Crippen molar-refractivity contribution in [2.45, 2.75) is 52.0 Å². The van der Waals surface area contributed by atoms with Crippen LogP contribution in [-0.2, 0) is 11.8 Å². The Morgan fingerprint density at radius 3 is 2.50 bits per heavy atom. The van der Waals surface area contributed by atoms with Crippen LogP contribution in [0.4, 0.5) is 17.1 Å². The fraction of sp³-hybridized carbons (Fsp3) is 0.385. The first-order valence-corrected chi connectivity index (χ1v) is 11.8. The highest BCUT2D eigenvalue weighted by Gasteiger charge is 2.27. The van der Waals surface area contributed by atoms with E-state index in [1.165, 1.54) is 12.8 Å². The molecule has 8 nitrogen and oxygen atoms in total. The maximum absolute atomic E-state index is 13.0. The van der Waals surface area contributed by atoms with Gasteiger partial charge in [0.15, 0.2) is 0 Å². The van der Waals surface area contributed by atoms with Gasteiger partial charge in [0, 0.05) is 30.7 Å². The predicted molar refractivity (Wildman–Crippen MR) is 133 cm³/mol. The third-order valence-electron chi connectivity index (χ3n) is 6.29. The van der Waals surface area contributed by atoms with Gasteiger partial charge in [0.2, 0.25) is 5.91 Å². The van der Waals surface area contributed by atoms with Crippen molar-refractivity contribution in [2.24, 2.45) is 13.0 Å². The van der Waals surface area contributed by atoms with Crippen LogP contribution in [0, 0.1) is 19.8 Å². The zero-order chi connectivity index (χ0) is 24.1. The van der Waals surface area contributed by atoms with E-state index in [4.69, 9.17) is 0 Å². The monoisotopic (exact) mass is 460 g/mol. The topological polar surface area (TPSA) is 101 Å². The number of hydrogen-bond donors (Lipinski definition) is 3. The van der Waals surface area contributed by atoms with Gasteiger partial charge in [0.05, 0.1) is 23.3 Å². The van der Waals surface area contributed by atoms with Crippen LogP contribution in [0.2, 0.25) is 0 Å². The number of rotatable bonds is 8. The average Bonchev–Trinajstić information content (AvgIpc) is 3.48. The molecule has 0 bridgehead atoms. The van der Waals surface area contributed by atoms with Crippen molar-refractivity contribution in [3.05, 3.63) is 65.7 Å². The molecule has 0 unspecified atom stereocenters. The second-order valence-electron chi connectivity index (χ2n) is 9.15. The number of nitrogens with one attached hydrogen (secondary N) is 3. The lowest BCUT2D eigenvalue weighted by Crippen LogP contribution is -2.44. The van der Waals surface area contributed by atoms with E-state index in [1.54, 1.807) is 36.3 Å². The summed E-state index contributed by atoms with van der Waals surface area (Å²) < 4.78 is 1.63. The highest BCUT2D eigenvalue weighted by atomic mass is 16.2. The molecule has 34 heavy (non-hydrogen) atoms. The van der Waals surface area contributed by atoms with E-state index in [2.05, 4.69) is 26.0 Å². The minimum atomic E-state index is -0.602. The van der Waals surface area contributed by atoms with Gasteiger partial charge in [-0.05, 0) is 62.1 Å². The Morgan fingerprint density at radius 2 is 1.82 bits per heavy atom. The van der Waals surface area contributed by atoms with E-state index in [-0.39, 0.29) is 11.8 Å². The zero-order valence-electron chi connectivity index (χ0n) is 20.0. The summed E-state index contributed by atoms with van der Waals surface area (Å²) in [6, 6.07) is 8.69. The van der Waals surface area contributed by atoms with Gasteiger partial charge >= 0.3 is 0 Å². The minimum Gasteiger partial charge on any atom is -0.354 e. The van der Waals surface area contributed by atoms with Crippen LogP contribution in [0.25, 0.3) is 0 Å². The van der Waals surface area contributed by atoms with Crippen molar-refractivity contribution in [2.75, 3.05) is 10.6 Å². The van der Waals surface area contributed by atoms with Crippen molar-refractivity contribution in [3.8, 4) is 0 Å². The van der Waals surface area contributed by atoms with Gasteiger partial charge in [-0.3, -0.25) is 19.3 Å². The minimum absolute atomic E-state index is 0.214. The van der Waals surface area contributed by atoms with Gasteiger partial charge in [-0.15, -0.1) is 0 Å². The number of carbonyl (C=O) groups excluding carboxylic acids is 2. The molecule has 3 N–H and O–H groups in total. The summed E-state index contributed by atoms with van der Waals surface area (Å²) in [6.45, 7) is 3.95. The van der Waals surface area contributed by atoms with Gasteiger partial charge in [-0.2, -0.15) is 5.10 Å². The van der Waals surface area contributed by atoms with E-state index < -0.39 is 6.04 Å². The van der Waals surface area contributed by atoms with Gasteiger partial charge in [-0.25, -0.2) is 0 Å². The van der Waals surface area contributed by atoms with Gasteiger partial charge in [-0.1, -0.05) is 25.7 Å². The highest BCUT2D eigenvalue weighted by molar-refractivity contribution is 6.01. The molecule has 2 heterocycles. The Balaban J connectivity index is 1.43. The lowest BCUT2D eigenvalue weighted by molar-refractivity contribution is -0.118. The number of benzene rings is 1. The van der Waals surface area contributed by atoms with Gasteiger partial charge < -0.3 is 16.0 Å². The quantitative estimate of drug-likeness (QED) is 0.460. The summed E-state index contributed by atoms with van der Waals surface area (Å²) >= 11 is 0. The van der Waals surface area contributed by atoms with E-state index >= 15 is 0 Å². The first-order chi connectivity index (χ1) is 16.4. The maximum Gasteiger partial charge on any atom is 0.251 e. The molecule has 2 aromatic heterocycles. The molecule has 0 aliphatic heterocycles. The van der Waals surface area contributed by atoms with Crippen molar-refractivity contribution in [1.82, 2.24) is 20.1 Å². The summed E-state index contributed by atoms with van der Waals surface area (Å²) in [7, 11) is 1.79. The van der Waals surface area contributed by atoms with Crippen LogP contribution in [0.3, 0.4) is 0 Å². The Labute approximate surface area is 200 Å². The third kappa shape index (κ3) is 6.01. The van der Waals surface area contributed by atoms with Gasteiger partial charge in [0.1, 0.15) is 6.04 Å². The summed E-state index contributed by atoms with van der Waals surface area (Å²) in [4.78, 5) is 30.4. The highest BCUT2D eigenvalue weighted by Crippen LogP contribution is 2.29. The Morgan fingerprint density at radius 1 is 1.09 bits per heavy atom. The molecule has 0 saturated heterocycles. The van der Waals surface area contributed by atoms with Crippen LogP contribution < -0.4 is 16.0 Å². The van der Waals surface area contributed by atoms with Crippen LogP contribution in [0.5, 0.6) is 0 Å². The average molecular weight is 461 g/mol. The molecule has 1 atom stereocenters. The molecular formula is C26H32N6O2. The van der Waals surface area contributed by atoms with Crippen molar-refractivity contribution >= 4 is 28.9 Å². The molecule has 178 valence electrons. The number of pyridine rings is 1. The number of aromatic nitrogens is 3. The molecule has 1 fully saturated rings. The third-order valence-corrected chi connectivity index (χ3v) is 6.29. The second kappa shape index (κ2) is 10.5. The second-order valence-corrected chi connectivity index (χ2v) is 9.15. The van der Waals surface area contributed by atoms with E-state index in [1.807, 2.05) is 38.2 Å². The number of nitrogens with zero attached hydrogens (tertiary/aromatic N) is 3. The summed E-state index contributed by atoms with van der Waals surface area (Å²) in [5.41, 5.74) is 4.90. The van der Waals surface area contributed by atoms with E-state index in [0.717, 1.165) is 35.5 Å². The summed E-state index contributed by atoms with van der Waals surface area (Å²) in [5, 5.41) is 13.3. The summed E-state index contributed by atoms with van der Waals surface area (Å²) in [6.07, 6.45) is 10.4. The molecule has 1 aromatic carbocycles. The lowest BCUT2D eigenvalue weighted by atomic mass is 9.97. The first kappa shape index (κ1) is 23.5. The van der Waals surface area contributed by atoms with Crippen molar-refractivity contribution < 1.29 is 9.59 Å². The van der Waals surface area contributed by atoms with Crippen molar-refractivity contribution in [3.63, 3.8) is 0 Å². The van der Waals surface area contributed by atoms with Crippen LogP contribution in [0.1, 0.15) is 53.7 Å². The Bertz CT molecular complexity index is 1150. The normalized spacial score (nSPS) is 14.6. The number of hydrogen-bond acceptors (Lipinski definition) is 5.